The van der Waals surface area contributed by atoms with Gasteiger partial charge in [0.2, 0.25) is 5.91 Å². The Labute approximate surface area is 155 Å². The SMILES string of the molecule is O=C(CCNc1cc(N2CCCC(CO)C2)ncn1)NC1CCCCC1. The molecule has 3 N–H and O–H groups in total. The Kier molecular flexibility index (Phi) is 7.05. The first-order valence-electron chi connectivity index (χ1n) is 9.95. The van der Waals surface area contributed by atoms with Gasteiger partial charge in [-0.05, 0) is 31.6 Å². The summed E-state index contributed by atoms with van der Waals surface area (Å²) in [5.41, 5.74) is 0. The van der Waals surface area contributed by atoms with E-state index in [4.69, 9.17) is 0 Å². The second kappa shape index (κ2) is 9.71. The van der Waals surface area contributed by atoms with E-state index in [2.05, 4.69) is 25.5 Å². The number of aromatic nitrogens is 2. The van der Waals surface area contributed by atoms with Crippen LogP contribution in [0.2, 0.25) is 0 Å². The summed E-state index contributed by atoms with van der Waals surface area (Å²) in [6.45, 7) is 2.57. The van der Waals surface area contributed by atoms with Crippen LogP contribution < -0.4 is 15.5 Å². The third kappa shape index (κ3) is 5.56. The lowest BCUT2D eigenvalue weighted by molar-refractivity contribution is -0.121. The van der Waals surface area contributed by atoms with Gasteiger partial charge in [-0.1, -0.05) is 19.3 Å². The van der Waals surface area contributed by atoms with Crippen LogP contribution in [0.5, 0.6) is 0 Å². The smallest absolute Gasteiger partial charge is 0.221 e. The van der Waals surface area contributed by atoms with Gasteiger partial charge in [-0.3, -0.25) is 4.79 Å². The Bertz CT molecular complexity index is 577. The van der Waals surface area contributed by atoms with Crippen LogP contribution in [0, 0.1) is 5.92 Å². The molecular formula is C19H31N5O2. The molecule has 3 rings (SSSR count). The van der Waals surface area contributed by atoms with Gasteiger partial charge in [0.25, 0.3) is 0 Å². The maximum absolute atomic E-state index is 12.1. The molecule has 1 aliphatic heterocycles. The fourth-order valence-electron chi connectivity index (χ4n) is 3.89. The van der Waals surface area contributed by atoms with Crippen molar-refractivity contribution in [1.29, 1.82) is 0 Å². The largest absolute Gasteiger partial charge is 0.396 e. The molecule has 144 valence electrons. The molecule has 7 nitrogen and oxygen atoms in total. The molecule has 0 radical (unpaired) electrons. The minimum Gasteiger partial charge on any atom is -0.396 e. The number of nitrogens with zero attached hydrogens (tertiary/aromatic N) is 3. The van der Waals surface area contributed by atoms with Gasteiger partial charge in [0.15, 0.2) is 0 Å². The molecule has 1 amide bonds. The van der Waals surface area contributed by atoms with Crippen molar-refractivity contribution in [1.82, 2.24) is 15.3 Å². The number of carbonyl (C=O) groups is 1. The Hall–Kier alpha value is -1.89. The van der Waals surface area contributed by atoms with Crippen LogP contribution in [-0.4, -0.2) is 53.3 Å². The van der Waals surface area contributed by atoms with Crippen LogP contribution >= 0.6 is 0 Å². The van der Waals surface area contributed by atoms with E-state index in [9.17, 15) is 9.90 Å². The molecule has 2 fully saturated rings. The van der Waals surface area contributed by atoms with Crippen molar-refractivity contribution >= 4 is 17.5 Å². The van der Waals surface area contributed by atoms with E-state index < -0.39 is 0 Å². The predicted molar refractivity (Wildman–Crippen MR) is 102 cm³/mol. The zero-order valence-electron chi connectivity index (χ0n) is 15.5. The van der Waals surface area contributed by atoms with Crippen molar-refractivity contribution in [2.75, 3.05) is 36.5 Å². The van der Waals surface area contributed by atoms with E-state index in [1.807, 2.05) is 6.07 Å². The van der Waals surface area contributed by atoms with Gasteiger partial charge < -0.3 is 20.6 Å². The van der Waals surface area contributed by atoms with Crippen molar-refractivity contribution in [3.8, 4) is 0 Å². The van der Waals surface area contributed by atoms with Crippen LogP contribution in [0.15, 0.2) is 12.4 Å². The van der Waals surface area contributed by atoms with Crippen LogP contribution in [0.25, 0.3) is 0 Å². The molecule has 0 spiro atoms. The van der Waals surface area contributed by atoms with E-state index in [-0.39, 0.29) is 12.5 Å². The molecule has 1 aromatic rings. The highest BCUT2D eigenvalue weighted by molar-refractivity contribution is 5.76. The molecule has 1 aromatic heterocycles. The minimum absolute atomic E-state index is 0.112. The van der Waals surface area contributed by atoms with Crippen molar-refractivity contribution in [3.63, 3.8) is 0 Å². The molecule has 0 bridgehead atoms. The summed E-state index contributed by atoms with van der Waals surface area (Å²) in [4.78, 5) is 22.9. The molecule has 2 aliphatic rings. The highest BCUT2D eigenvalue weighted by Crippen LogP contribution is 2.22. The average molecular weight is 361 g/mol. The van der Waals surface area contributed by atoms with Crippen LogP contribution in [0.3, 0.4) is 0 Å². The maximum Gasteiger partial charge on any atom is 0.221 e. The topological polar surface area (TPSA) is 90.4 Å². The Morgan fingerprint density at radius 2 is 2.04 bits per heavy atom. The predicted octanol–water partition coefficient (Wildman–Crippen LogP) is 1.94. The van der Waals surface area contributed by atoms with Gasteiger partial charge >= 0.3 is 0 Å². The first-order chi connectivity index (χ1) is 12.7. The van der Waals surface area contributed by atoms with E-state index in [1.54, 1.807) is 6.33 Å². The zero-order chi connectivity index (χ0) is 18.2. The minimum atomic E-state index is 0.112. The molecule has 0 aromatic carbocycles. The third-order valence-electron chi connectivity index (χ3n) is 5.38. The highest BCUT2D eigenvalue weighted by atomic mass is 16.3. The second-order valence-corrected chi connectivity index (χ2v) is 7.48. The van der Waals surface area contributed by atoms with Crippen LogP contribution in [0.1, 0.15) is 51.4 Å². The number of piperidine rings is 1. The number of hydrogen-bond donors (Lipinski definition) is 3. The number of nitrogens with one attached hydrogen (secondary N) is 2. The Morgan fingerprint density at radius 3 is 2.85 bits per heavy atom. The second-order valence-electron chi connectivity index (χ2n) is 7.48. The lowest BCUT2D eigenvalue weighted by atomic mass is 9.95. The third-order valence-corrected chi connectivity index (χ3v) is 5.38. The Morgan fingerprint density at radius 1 is 1.19 bits per heavy atom. The van der Waals surface area contributed by atoms with Gasteiger partial charge in [-0.25, -0.2) is 9.97 Å². The van der Waals surface area contributed by atoms with Gasteiger partial charge in [-0.15, -0.1) is 0 Å². The summed E-state index contributed by atoms with van der Waals surface area (Å²) >= 11 is 0. The van der Waals surface area contributed by atoms with Crippen LogP contribution in [0.4, 0.5) is 11.6 Å². The summed E-state index contributed by atoms with van der Waals surface area (Å²) in [7, 11) is 0. The zero-order valence-corrected chi connectivity index (χ0v) is 15.5. The number of aliphatic hydroxyl groups is 1. The normalized spacial score (nSPS) is 21.4. The fraction of sp³-hybridized carbons (Fsp3) is 0.737. The highest BCUT2D eigenvalue weighted by Gasteiger charge is 2.20. The molecule has 1 saturated heterocycles. The van der Waals surface area contributed by atoms with Crippen molar-refractivity contribution in [2.45, 2.75) is 57.4 Å². The standard InChI is InChI=1S/C19H31N5O2/c25-13-15-5-4-10-24(12-15)18-11-17(21-14-22-18)20-9-8-19(26)23-16-6-2-1-3-7-16/h11,14-16,25H,1-10,12-13H2,(H,23,26)(H,20,21,22). The molecule has 26 heavy (non-hydrogen) atoms. The molecule has 1 aliphatic carbocycles. The number of anilines is 2. The molecular weight excluding hydrogens is 330 g/mol. The summed E-state index contributed by atoms with van der Waals surface area (Å²) < 4.78 is 0. The van der Waals surface area contributed by atoms with Crippen molar-refractivity contribution < 1.29 is 9.90 Å². The van der Waals surface area contributed by atoms with Gasteiger partial charge in [0.1, 0.15) is 18.0 Å². The number of amides is 1. The summed E-state index contributed by atoms with van der Waals surface area (Å²) in [5, 5.41) is 15.8. The van der Waals surface area contributed by atoms with Crippen molar-refractivity contribution in [2.24, 2.45) is 5.92 Å². The Balaban J connectivity index is 1.44. The lowest BCUT2D eigenvalue weighted by Crippen LogP contribution is -2.37. The number of aliphatic hydroxyl groups excluding tert-OH is 1. The number of rotatable bonds is 7. The van der Waals surface area contributed by atoms with Gasteiger partial charge in [0, 0.05) is 44.8 Å². The summed E-state index contributed by atoms with van der Waals surface area (Å²) in [6.07, 6.45) is 10.1. The summed E-state index contributed by atoms with van der Waals surface area (Å²) in [5.74, 6) is 2.05. The molecule has 1 unspecified atom stereocenters. The number of hydrogen-bond acceptors (Lipinski definition) is 6. The van der Waals surface area contributed by atoms with E-state index >= 15 is 0 Å². The van der Waals surface area contributed by atoms with Gasteiger partial charge in [-0.2, -0.15) is 0 Å². The first kappa shape index (κ1) is 18.9. The lowest BCUT2D eigenvalue weighted by Gasteiger charge is -2.32. The van der Waals surface area contributed by atoms with Crippen molar-refractivity contribution in [3.05, 3.63) is 12.4 Å². The van der Waals surface area contributed by atoms with Gasteiger partial charge in [0.05, 0.1) is 0 Å². The molecule has 1 atom stereocenters. The molecule has 1 saturated carbocycles. The maximum atomic E-state index is 12.1. The summed E-state index contributed by atoms with van der Waals surface area (Å²) in [6, 6.07) is 2.29. The quantitative estimate of drug-likeness (QED) is 0.688. The van der Waals surface area contributed by atoms with E-state index in [1.165, 1.54) is 19.3 Å². The molecule has 2 heterocycles. The molecule has 7 heteroatoms. The fourth-order valence-corrected chi connectivity index (χ4v) is 3.89. The van der Waals surface area contributed by atoms with E-state index in [0.717, 1.165) is 50.4 Å². The number of carbonyl (C=O) groups excluding carboxylic acids is 1. The first-order valence-corrected chi connectivity index (χ1v) is 9.95. The van der Waals surface area contributed by atoms with E-state index in [0.29, 0.717) is 24.9 Å². The van der Waals surface area contributed by atoms with Crippen LogP contribution in [-0.2, 0) is 4.79 Å². The average Bonchev–Trinajstić information content (AvgIpc) is 2.69. The monoisotopic (exact) mass is 361 g/mol.